The first-order valence-corrected chi connectivity index (χ1v) is 13.9. The Labute approximate surface area is 244 Å². The Morgan fingerprint density at radius 1 is 1.09 bits per heavy atom. The first-order valence-electron chi connectivity index (χ1n) is 13.9. The standard InChI is InChI=1S/C29H31F4N5O5/c1-14(34)25-24(38-27(43-25)16-4-9-22(42-28(32)33)23(10-16)41-13-15-2-3-15)26(39)37-21(12-35-29(40)36-18-6-7-18)19-8-5-17(30)11-20(19)31/h4-5,8-11,14-15,18,21,28H,2-3,6-7,12-13,34H2,1H3,(H,37,39)(H2,35,36,40)/t14-,21?/m0/s1. The van der Waals surface area contributed by atoms with Gasteiger partial charge in [0.25, 0.3) is 5.91 Å². The highest BCUT2D eigenvalue weighted by molar-refractivity contribution is 5.94. The number of urea groups is 1. The lowest BCUT2D eigenvalue weighted by molar-refractivity contribution is -0.0515. The summed E-state index contributed by atoms with van der Waals surface area (Å²) in [6.45, 7) is -1.41. The Morgan fingerprint density at radius 2 is 1.86 bits per heavy atom. The van der Waals surface area contributed by atoms with Crippen molar-refractivity contribution in [2.75, 3.05) is 13.2 Å². The highest BCUT2D eigenvalue weighted by atomic mass is 19.3. The third-order valence-electron chi connectivity index (χ3n) is 6.88. The van der Waals surface area contributed by atoms with Crippen LogP contribution in [0.4, 0.5) is 22.4 Å². The number of aromatic nitrogens is 1. The van der Waals surface area contributed by atoms with E-state index in [0.717, 1.165) is 31.7 Å². The van der Waals surface area contributed by atoms with Crippen molar-refractivity contribution in [1.82, 2.24) is 20.9 Å². The molecule has 2 aliphatic rings. The van der Waals surface area contributed by atoms with Gasteiger partial charge in [0, 0.05) is 29.8 Å². The molecular formula is C29H31F4N5O5. The lowest BCUT2D eigenvalue weighted by Crippen LogP contribution is -2.43. The molecule has 5 N–H and O–H groups in total. The molecule has 1 heterocycles. The quantitative estimate of drug-likeness (QED) is 0.202. The number of hydrogen-bond donors (Lipinski definition) is 4. The van der Waals surface area contributed by atoms with Crippen molar-refractivity contribution < 1.29 is 41.0 Å². The predicted octanol–water partition coefficient (Wildman–Crippen LogP) is 4.96. The second kappa shape index (κ2) is 12.9. The number of hydrogen-bond acceptors (Lipinski definition) is 7. The second-order valence-corrected chi connectivity index (χ2v) is 10.6. The average molecular weight is 606 g/mol. The maximum absolute atomic E-state index is 14.8. The van der Waals surface area contributed by atoms with E-state index in [1.54, 1.807) is 6.92 Å². The number of rotatable bonds is 13. The van der Waals surface area contributed by atoms with Gasteiger partial charge in [0.15, 0.2) is 23.0 Å². The summed E-state index contributed by atoms with van der Waals surface area (Å²) in [5.74, 6) is -2.37. The number of nitrogens with zero attached hydrogens (tertiary/aromatic N) is 1. The Bertz CT molecular complexity index is 1480. The van der Waals surface area contributed by atoms with Crippen LogP contribution in [0.5, 0.6) is 11.5 Å². The molecule has 1 unspecified atom stereocenters. The molecule has 0 spiro atoms. The van der Waals surface area contributed by atoms with Gasteiger partial charge < -0.3 is 35.6 Å². The van der Waals surface area contributed by atoms with E-state index in [1.807, 2.05) is 0 Å². The SMILES string of the molecule is C[C@H](N)c1oc(-c2ccc(OC(F)F)c(OCC3CC3)c2)nc1C(=O)NC(CNC(=O)NC1CC1)c1ccc(F)cc1F. The Hall–Kier alpha value is -4.33. The molecule has 3 aromatic rings. The van der Waals surface area contributed by atoms with Crippen LogP contribution in [-0.4, -0.2) is 42.7 Å². The predicted molar refractivity (Wildman–Crippen MR) is 146 cm³/mol. The summed E-state index contributed by atoms with van der Waals surface area (Å²) in [7, 11) is 0. The molecule has 0 bridgehead atoms. The zero-order valence-electron chi connectivity index (χ0n) is 23.2. The fourth-order valence-corrected chi connectivity index (χ4v) is 4.27. The van der Waals surface area contributed by atoms with Crippen LogP contribution in [0.1, 0.15) is 66.5 Å². The van der Waals surface area contributed by atoms with Crippen LogP contribution >= 0.6 is 0 Å². The molecule has 0 saturated heterocycles. The van der Waals surface area contributed by atoms with Crippen LogP contribution in [0.15, 0.2) is 40.8 Å². The lowest BCUT2D eigenvalue weighted by Gasteiger charge is -2.20. The molecule has 2 saturated carbocycles. The zero-order valence-corrected chi connectivity index (χ0v) is 23.2. The van der Waals surface area contributed by atoms with Crippen LogP contribution in [-0.2, 0) is 0 Å². The minimum Gasteiger partial charge on any atom is -0.489 e. The number of carbonyl (C=O) groups is 2. The molecule has 10 nitrogen and oxygen atoms in total. The van der Waals surface area contributed by atoms with Crippen molar-refractivity contribution in [2.45, 2.75) is 57.3 Å². The number of halogens is 4. The summed E-state index contributed by atoms with van der Waals surface area (Å²) in [6.07, 6.45) is 3.66. The fraction of sp³-hybridized carbons (Fsp3) is 0.414. The van der Waals surface area contributed by atoms with Crippen LogP contribution in [0, 0.1) is 17.6 Å². The first-order chi connectivity index (χ1) is 20.6. The first kappa shape index (κ1) is 30.1. The monoisotopic (exact) mass is 605 g/mol. The van der Waals surface area contributed by atoms with Gasteiger partial charge in [-0.1, -0.05) is 6.07 Å². The van der Waals surface area contributed by atoms with Crippen molar-refractivity contribution in [3.63, 3.8) is 0 Å². The highest BCUT2D eigenvalue weighted by Crippen LogP contribution is 2.37. The summed E-state index contributed by atoms with van der Waals surface area (Å²) in [5, 5.41) is 7.95. The van der Waals surface area contributed by atoms with Crippen molar-refractivity contribution in [3.05, 3.63) is 65.1 Å². The lowest BCUT2D eigenvalue weighted by atomic mass is 10.1. The number of alkyl halides is 2. The molecular weight excluding hydrogens is 574 g/mol. The molecule has 43 heavy (non-hydrogen) atoms. The van der Waals surface area contributed by atoms with E-state index in [9.17, 15) is 27.2 Å². The molecule has 5 rings (SSSR count). The van der Waals surface area contributed by atoms with Gasteiger partial charge in [0.1, 0.15) is 11.6 Å². The van der Waals surface area contributed by atoms with Gasteiger partial charge in [0.2, 0.25) is 5.89 Å². The maximum atomic E-state index is 14.8. The number of ether oxygens (including phenoxy) is 2. The maximum Gasteiger partial charge on any atom is 0.387 e. The molecule has 230 valence electrons. The van der Waals surface area contributed by atoms with Gasteiger partial charge in [-0.25, -0.2) is 18.6 Å². The molecule has 3 amide bonds. The Kier molecular flexibility index (Phi) is 9.04. The molecule has 2 aliphatic carbocycles. The molecule has 1 aromatic heterocycles. The Balaban J connectivity index is 1.40. The smallest absolute Gasteiger partial charge is 0.387 e. The number of oxazole rings is 1. The second-order valence-electron chi connectivity index (χ2n) is 10.6. The van der Waals surface area contributed by atoms with E-state index in [-0.39, 0.29) is 47.0 Å². The summed E-state index contributed by atoms with van der Waals surface area (Å²) >= 11 is 0. The van der Waals surface area contributed by atoms with Gasteiger partial charge in [-0.3, -0.25) is 4.79 Å². The van der Waals surface area contributed by atoms with Crippen LogP contribution in [0.25, 0.3) is 11.5 Å². The molecule has 0 aliphatic heterocycles. The summed E-state index contributed by atoms with van der Waals surface area (Å²) in [6, 6.07) is 4.63. The molecule has 14 heteroatoms. The number of carbonyl (C=O) groups excluding carboxylic acids is 2. The van der Waals surface area contributed by atoms with Gasteiger partial charge >= 0.3 is 12.6 Å². The van der Waals surface area contributed by atoms with E-state index in [2.05, 4.69) is 25.7 Å². The normalized spacial score (nSPS) is 16.0. The van der Waals surface area contributed by atoms with E-state index in [4.69, 9.17) is 14.9 Å². The van der Waals surface area contributed by atoms with Crippen LogP contribution < -0.4 is 31.2 Å². The Morgan fingerprint density at radius 3 is 2.51 bits per heavy atom. The van der Waals surface area contributed by atoms with E-state index in [0.29, 0.717) is 24.2 Å². The van der Waals surface area contributed by atoms with E-state index >= 15 is 0 Å². The number of amides is 3. The topological polar surface area (TPSA) is 141 Å². The van der Waals surface area contributed by atoms with Gasteiger partial charge in [-0.15, -0.1) is 0 Å². The largest absolute Gasteiger partial charge is 0.489 e. The summed E-state index contributed by atoms with van der Waals surface area (Å²) in [4.78, 5) is 30.0. The van der Waals surface area contributed by atoms with Gasteiger partial charge in [0.05, 0.1) is 18.7 Å². The van der Waals surface area contributed by atoms with Crippen molar-refractivity contribution >= 4 is 11.9 Å². The third-order valence-corrected chi connectivity index (χ3v) is 6.88. The minimum atomic E-state index is -3.07. The van der Waals surface area contributed by atoms with Crippen molar-refractivity contribution in [3.8, 4) is 23.0 Å². The number of nitrogens with two attached hydrogens (primary N) is 1. The average Bonchev–Trinajstić information content (AvgIpc) is 3.89. The molecule has 2 aromatic carbocycles. The molecule has 0 radical (unpaired) electrons. The number of benzene rings is 2. The molecule has 2 atom stereocenters. The van der Waals surface area contributed by atoms with Gasteiger partial charge in [-0.05, 0) is 62.8 Å². The third kappa shape index (κ3) is 7.95. The fourth-order valence-electron chi connectivity index (χ4n) is 4.27. The van der Waals surface area contributed by atoms with Crippen LogP contribution in [0.3, 0.4) is 0 Å². The van der Waals surface area contributed by atoms with Gasteiger partial charge in [-0.2, -0.15) is 8.78 Å². The van der Waals surface area contributed by atoms with Crippen LogP contribution in [0.2, 0.25) is 0 Å². The van der Waals surface area contributed by atoms with Crippen molar-refractivity contribution in [2.24, 2.45) is 11.7 Å². The zero-order chi connectivity index (χ0) is 30.7. The van der Waals surface area contributed by atoms with Crippen molar-refractivity contribution in [1.29, 1.82) is 0 Å². The van der Waals surface area contributed by atoms with E-state index < -0.39 is 42.3 Å². The minimum absolute atomic E-state index is 0.00128. The van der Waals surface area contributed by atoms with E-state index in [1.165, 1.54) is 24.3 Å². The number of nitrogens with one attached hydrogen (secondary N) is 3. The summed E-state index contributed by atoms with van der Waals surface area (Å²) in [5.41, 5.74) is 6.08. The molecule has 2 fully saturated rings. The highest BCUT2D eigenvalue weighted by Gasteiger charge is 2.29. The summed E-state index contributed by atoms with van der Waals surface area (Å²) < 4.78 is 70.4.